The highest BCUT2D eigenvalue weighted by Crippen LogP contribution is 2.42. The van der Waals surface area contributed by atoms with Crippen LogP contribution in [0.25, 0.3) is 0 Å². The van der Waals surface area contributed by atoms with Gasteiger partial charge in [-0.3, -0.25) is 4.52 Å². The first-order valence-electron chi connectivity index (χ1n) is 6.89. The summed E-state index contributed by atoms with van der Waals surface area (Å²) in [6.45, 7) is 12.7. The highest BCUT2D eigenvalue weighted by atomic mass is 31.2. The Bertz CT molecular complexity index is 375. The molecule has 1 saturated heterocycles. The second kappa shape index (κ2) is 6.16. The molecule has 0 aromatic carbocycles. The average Bonchev–Trinajstić information content (AvgIpc) is 2.18. The Morgan fingerprint density at radius 3 is 2.20 bits per heavy atom. The molecule has 0 amide bonds. The van der Waals surface area contributed by atoms with E-state index in [9.17, 15) is 4.57 Å². The van der Waals surface area contributed by atoms with Crippen LogP contribution in [0.3, 0.4) is 0 Å². The van der Waals surface area contributed by atoms with Gasteiger partial charge < -0.3 is 18.9 Å². The van der Waals surface area contributed by atoms with Crippen molar-refractivity contribution in [3.8, 4) is 0 Å². The van der Waals surface area contributed by atoms with E-state index in [1.807, 2.05) is 6.92 Å². The van der Waals surface area contributed by atoms with Gasteiger partial charge in [0, 0.05) is 6.42 Å². The topological polar surface area (TPSA) is 85.2 Å². The molecular weight excluding hydrogens is 299 g/mol. The lowest BCUT2D eigenvalue weighted by atomic mass is 10.1. The molecule has 120 valence electrons. The molecule has 0 bridgehead atoms. The van der Waals surface area contributed by atoms with E-state index >= 15 is 0 Å². The summed E-state index contributed by atoms with van der Waals surface area (Å²) >= 11 is 0. The van der Waals surface area contributed by atoms with Gasteiger partial charge >= 0.3 is 7.82 Å². The Morgan fingerprint density at radius 2 is 1.80 bits per heavy atom. The van der Waals surface area contributed by atoms with Gasteiger partial charge in [-0.25, -0.2) is 4.57 Å². The fourth-order valence-electron chi connectivity index (χ4n) is 1.87. The van der Waals surface area contributed by atoms with Gasteiger partial charge in [0.2, 0.25) is 0 Å². The van der Waals surface area contributed by atoms with Crippen LogP contribution in [0.2, 0.25) is 18.1 Å². The number of hydrogen-bond acceptors (Lipinski definition) is 4. The van der Waals surface area contributed by atoms with Crippen LogP contribution in [-0.2, 0) is 18.3 Å². The highest BCUT2D eigenvalue weighted by molar-refractivity contribution is 7.46. The predicted octanol–water partition coefficient (Wildman–Crippen LogP) is 3.01. The molecule has 20 heavy (non-hydrogen) atoms. The van der Waals surface area contributed by atoms with Gasteiger partial charge in [0.05, 0.1) is 12.2 Å². The van der Waals surface area contributed by atoms with E-state index in [0.717, 1.165) is 0 Å². The molecule has 1 heterocycles. The largest absolute Gasteiger partial charge is 0.471 e. The van der Waals surface area contributed by atoms with Crippen molar-refractivity contribution in [1.29, 1.82) is 0 Å². The van der Waals surface area contributed by atoms with E-state index in [4.69, 9.17) is 18.9 Å². The summed E-state index contributed by atoms with van der Waals surface area (Å²) in [6, 6.07) is 0. The minimum atomic E-state index is -4.51. The van der Waals surface area contributed by atoms with Crippen LogP contribution < -0.4 is 0 Å². The summed E-state index contributed by atoms with van der Waals surface area (Å²) in [4.78, 5) is 17.6. The average molecular weight is 326 g/mol. The third kappa shape index (κ3) is 5.22. The Hall–Kier alpha value is 0.247. The Kier molecular flexibility index (Phi) is 5.64. The van der Waals surface area contributed by atoms with E-state index in [2.05, 4.69) is 38.4 Å². The standard InChI is InChI=1S/C12H27O6PSi/c1-9-10(18-20(5,6)12(2,3)4)7-8-11(16-9)17-19(13,14)15/h9-11H,7-8H2,1-6H3,(H2,13,14,15)/t9-,10-,11?/m0/s1. The minimum absolute atomic E-state index is 0.0486. The molecule has 0 aliphatic carbocycles. The van der Waals surface area contributed by atoms with Crippen molar-refractivity contribution >= 4 is 16.1 Å². The first kappa shape index (κ1) is 18.3. The van der Waals surface area contributed by atoms with Crippen LogP contribution >= 0.6 is 7.82 Å². The zero-order valence-electron chi connectivity index (χ0n) is 13.1. The fourth-order valence-corrected chi connectivity index (χ4v) is 3.75. The summed E-state index contributed by atoms with van der Waals surface area (Å²) in [5.41, 5.74) is 0. The lowest BCUT2D eigenvalue weighted by molar-refractivity contribution is -0.182. The first-order valence-corrected chi connectivity index (χ1v) is 11.3. The maximum absolute atomic E-state index is 10.8. The molecule has 6 nitrogen and oxygen atoms in total. The van der Waals surface area contributed by atoms with Crippen molar-refractivity contribution in [3.63, 3.8) is 0 Å². The molecule has 0 spiro atoms. The summed E-state index contributed by atoms with van der Waals surface area (Å²) in [5.74, 6) is 0. The van der Waals surface area contributed by atoms with Gasteiger partial charge in [-0.15, -0.1) is 0 Å². The van der Waals surface area contributed by atoms with Crippen molar-refractivity contribution in [1.82, 2.24) is 0 Å². The molecule has 1 rings (SSSR count). The van der Waals surface area contributed by atoms with Gasteiger partial charge in [0.25, 0.3) is 0 Å². The minimum Gasteiger partial charge on any atom is -0.411 e. The van der Waals surface area contributed by atoms with Crippen molar-refractivity contribution in [2.45, 2.75) is 77.2 Å². The van der Waals surface area contributed by atoms with Crippen molar-refractivity contribution in [2.75, 3.05) is 0 Å². The van der Waals surface area contributed by atoms with E-state index < -0.39 is 22.4 Å². The maximum atomic E-state index is 10.8. The number of phosphoric ester groups is 1. The number of phosphoric acid groups is 1. The van der Waals surface area contributed by atoms with Gasteiger partial charge in [-0.05, 0) is 31.5 Å². The van der Waals surface area contributed by atoms with Crippen LogP contribution in [0.4, 0.5) is 0 Å². The van der Waals surface area contributed by atoms with Crippen LogP contribution in [0.5, 0.6) is 0 Å². The summed E-state index contributed by atoms with van der Waals surface area (Å²) < 4.78 is 27.2. The number of hydrogen-bond donors (Lipinski definition) is 2. The summed E-state index contributed by atoms with van der Waals surface area (Å²) in [7, 11) is -6.38. The molecule has 0 aromatic rings. The third-order valence-corrected chi connectivity index (χ3v) is 9.10. The van der Waals surface area contributed by atoms with Gasteiger partial charge in [0.15, 0.2) is 14.6 Å². The predicted molar refractivity (Wildman–Crippen MR) is 78.8 cm³/mol. The van der Waals surface area contributed by atoms with E-state index in [0.29, 0.717) is 12.8 Å². The lowest BCUT2D eigenvalue weighted by Crippen LogP contribution is -2.49. The third-order valence-electron chi connectivity index (χ3n) is 4.08. The molecule has 1 fully saturated rings. The van der Waals surface area contributed by atoms with Crippen LogP contribution in [0, 0.1) is 0 Å². The molecule has 1 unspecified atom stereocenters. The number of ether oxygens (including phenoxy) is 1. The quantitative estimate of drug-likeness (QED) is 0.610. The molecule has 2 N–H and O–H groups in total. The van der Waals surface area contributed by atoms with E-state index in [1.54, 1.807) is 0 Å². The Morgan fingerprint density at radius 1 is 1.25 bits per heavy atom. The van der Waals surface area contributed by atoms with Crippen molar-refractivity contribution < 1.29 is 28.0 Å². The highest BCUT2D eigenvalue weighted by Gasteiger charge is 2.42. The summed E-state index contributed by atoms with van der Waals surface area (Å²) in [5, 5.41) is 0.117. The van der Waals surface area contributed by atoms with Gasteiger partial charge in [-0.1, -0.05) is 20.8 Å². The summed E-state index contributed by atoms with van der Waals surface area (Å²) in [6.07, 6.45) is -0.0420. The zero-order valence-corrected chi connectivity index (χ0v) is 15.0. The fraction of sp³-hybridized carbons (Fsp3) is 1.00. The Balaban J connectivity index is 2.60. The SMILES string of the molecule is C[C@@H]1OC(OP(=O)(O)O)CC[C@@H]1O[Si](C)(C)C(C)(C)C. The molecular formula is C12H27O6PSi. The van der Waals surface area contributed by atoms with Gasteiger partial charge in [0.1, 0.15) is 0 Å². The molecule has 8 heteroatoms. The van der Waals surface area contributed by atoms with Crippen molar-refractivity contribution in [2.24, 2.45) is 0 Å². The Labute approximate surface area is 122 Å². The van der Waals surface area contributed by atoms with Gasteiger partial charge in [-0.2, -0.15) is 0 Å². The van der Waals surface area contributed by atoms with E-state index in [1.165, 1.54) is 0 Å². The molecule has 0 saturated carbocycles. The maximum Gasteiger partial charge on any atom is 0.471 e. The van der Waals surface area contributed by atoms with Crippen molar-refractivity contribution in [3.05, 3.63) is 0 Å². The second-order valence-corrected chi connectivity index (χ2v) is 12.8. The monoisotopic (exact) mass is 326 g/mol. The van der Waals surface area contributed by atoms with E-state index in [-0.39, 0.29) is 17.2 Å². The van der Waals surface area contributed by atoms with Crippen LogP contribution in [0.1, 0.15) is 40.5 Å². The molecule has 0 aromatic heterocycles. The molecule has 1 aliphatic heterocycles. The first-order chi connectivity index (χ1) is 8.82. The number of rotatable bonds is 4. The normalized spacial score (nSPS) is 29.5. The smallest absolute Gasteiger partial charge is 0.411 e. The molecule has 3 atom stereocenters. The van der Waals surface area contributed by atoms with Crippen LogP contribution in [-0.4, -0.2) is 36.6 Å². The molecule has 1 aliphatic rings. The zero-order chi connectivity index (χ0) is 15.8. The molecule has 0 radical (unpaired) electrons. The second-order valence-electron chi connectivity index (χ2n) is 6.86. The lowest BCUT2D eigenvalue weighted by Gasteiger charge is -2.43. The van der Waals surface area contributed by atoms with Crippen LogP contribution in [0.15, 0.2) is 0 Å².